The van der Waals surface area contributed by atoms with Crippen LogP contribution in [-0.2, 0) is 9.53 Å². The molecule has 252 valence electrons. The molecular weight excluding hydrogens is 610 g/mol. The first-order valence-corrected chi connectivity index (χ1v) is 15.6. The molecule has 0 aliphatic heterocycles. The molecule has 4 aromatic carbocycles. The number of unbranched alkanes of at least 4 members (excludes halogenated alkanes) is 2. The number of hydrogen-bond acceptors (Lipinski definition) is 9. The van der Waals surface area contributed by atoms with Gasteiger partial charge in [0.05, 0.1) is 35.5 Å². The van der Waals surface area contributed by atoms with Gasteiger partial charge in [-0.1, -0.05) is 31.9 Å². The summed E-state index contributed by atoms with van der Waals surface area (Å²) in [5.41, 5.74) is 3.96. The quantitative estimate of drug-likeness (QED) is 0.0320. The molecule has 0 unspecified atom stereocenters. The average Bonchev–Trinajstić information content (AvgIpc) is 3.14. The molecule has 4 rings (SSSR count). The van der Waals surface area contributed by atoms with E-state index >= 15 is 0 Å². The highest BCUT2D eigenvalue weighted by Gasteiger charge is 2.17. The van der Waals surface area contributed by atoms with E-state index in [2.05, 4.69) is 22.1 Å². The Morgan fingerprint density at radius 2 is 1.19 bits per heavy atom. The number of nitrogens with zero attached hydrogens (tertiary/aromatic N) is 2. The first kappa shape index (κ1) is 35.2. The first-order chi connectivity index (χ1) is 23.5. The zero-order chi connectivity index (χ0) is 34.3. The minimum absolute atomic E-state index is 0.0677. The van der Waals surface area contributed by atoms with Crippen LogP contribution >= 0.6 is 0 Å². The number of nitrogens with one attached hydrogen (secondary N) is 1. The summed E-state index contributed by atoms with van der Waals surface area (Å²) < 4.78 is 33.3. The van der Waals surface area contributed by atoms with Crippen molar-refractivity contribution in [2.24, 2.45) is 4.99 Å². The van der Waals surface area contributed by atoms with E-state index in [9.17, 15) is 4.79 Å². The Balaban J connectivity index is 1.66. The number of methoxy groups -OCH3 is 5. The Bertz CT molecular complexity index is 1600. The van der Waals surface area contributed by atoms with Gasteiger partial charge < -0.3 is 38.6 Å². The van der Waals surface area contributed by atoms with Gasteiger partial charge in [-0.2, -0.15) is 4.99 Å². The number of rotatable bonds is 16. The number of hydrogen-bond donors (Lipinski definition) is 1. The maximum absolute atomic E-state index is 12.3. The zero-order valence-electron chi connectivity index (χ0n) is 28.3. The third-order valence-corrected chi connectivity index (χ3v) is 7.41. The predicted octanol–water partition coefficient (Wildman–Crippen LogP) is 8.22. The molecule has 0 bridgehead atoms. The highest BCUT2D eigenvalue weighted by Crippen LogP contribution is 2.41. The standard InChI is InChI=1S/C38H43N3O7/c1-7-8-9-22-39-38(40-37-35(46-5)24-33(45-4)25-36(37)47-6)48-34(26-42)23-27-10-12-28(13-11-27)41(29-14-18-31(43-2)19-15-29)30-16-20-32(44-3)21-17-30/h10-21,23-26H,7-9,22H2,1-6H3,(H,39,40)/b34-23+. The number of allylic oxidation sites excluding steroid dienone is 1. The molecule has 0 aliphatic carbocycles. The summed E-state index contributed by atoms with van der Waals surface area (Å²) in [5, 5.41) is 3.22. The molecule has 0 radical (unpaired) electrons. The average molecular weight is 654 g/mol. The number of amidine groups is 1. The highest BCUT2D eigenvalue weighted by atomic mass is 16.5. The second-order valence-electron chi connectivity index (χ2n) is 10.5. The number of ether oxygens (including phenoxy) is 6. The maximum atomic E-state index is 12.3. The second-order valence-corrected chi connectivity index (χ2v) is 10.5. The van der Waals surface area contributed by atoms with Crippen LogP contribution in [0.3, 0.4) is 0 Å². The van der Waals surface area contributed by atoms with Gasteiger partial charge in [-0.3, -0.25) is 4.79 Å². The van der Waals surface area contributed by atoms with Crippen LogP contribution in [0.25, 0.3) is 6.08 Å². The smallest absolute Gasteiger partial charge is 0.295 e. The van der Waals surface area contributed by atoms with Gasteiger partial charge in [0.1, 0.15) is 17.2 Å². The molecule has 0 fully saturated rings. The van der Waals surface area contributed by atoms with E-state index in [-0.39, 0.29) is 11.8 Å². The topological polar surface area (TPSA) is 100 Å². The largest absolute Gasteiger partial charge is 0.497 e. The summed E-state index contributed by atoms with van der Waals surface area (Å²) >= 11 is 0. The Morgan fingerprint density at radius 3 is 1.62 bits per heavy atom. The number of anilines is 3. The third kappa shape index (κ3) is 9.22. The van der Waals surface area contributed by atoms with Crippen LogP contribution < -0.4 is 33.9 Å². The first-order valence-electron chi connectivity index (χ1n) is 15.6. The molecule has 0 saturated carbocycles. The normalized spacial score (nSPS) is 11.4. The van der Waals surface area contributed by atoms with Crippen molar-refractivity contribution in [2.75, 3.05) is 47.0 Å². The van der Waals surface area contributed by atoms with E-state index in [1.54, 1.807) is 39.5 Å². The van der Waals surface area contributed by atoms with Crippen LogP contribution in [-0.4, -0.2) is 54.4 Å². The summed E-state index contributed by atoms with van der Waals surface area (Å²) in [6.07, 6.45) is 5.30. The molecular formula is C38H43N3O7. The van der Waals surface area contributed by atoms with Crippen LogP contribution in [0.2, 0.25) is 0 Å². The molecule has 0 amide bonds. The molecule has 48 heavy (non-hydrogen) atoms. The van der Waals surface area contributed by atoms with Crippen molar-refractivity contribution in [3.63, 3.8) is 0 Å². The summed E-state index contributed by atoms with van der Waals surface area (Å²) in [6.45, 7) is 2.73. The van der Waals surface area contributed by atoms with E-state index in [4.69, 9.17) is 28.4 Å². The molecule has 0 aliphatic rings. The minimum Gasteiger partial charge on any atom is -0.497 e. The van der Waals surface area contributed by atoms with Crippen molar-refractivity contribution in [2.45, 2.75) is 26.2 Å². The summed E-state index contributed by atoms with van der Waals surface area (Å²) in [5.74, 6) is 3.00. The molecule has 0 heterocycles. The van der Waals surface area contributed by atoms with Crippen LogP contribution in [0.15, 0.2) is 95.7 Å². The van der Waals surface area contributed by atoms with Gasteiger partial charge >= 0.3 is 0 Å². The lowest BCUT2D eigenvalue weighted by Gasteiger charge is -2.26. The number of carbonyl (C=O) groups is 1. The van der Waals surface area contributed by atoms with Crippen molar-refractivity contribution in [1.82, 2.24) is 5.32 Å². The molecule has 0 atom stereocenters. The van der Waals surface area contributed by atoms with Crippen LogP contribution in [0.1, 0.15) is 31.7 Å². The van der Waals surface area contributed by atoms with E-state index in [1.807, 2.05) is 72.8 Å². The SMILES string of the molecule is CCCCCNC(=Nc1c(OC)cc(OC)cc1OC)O/C(C=O)=C/c1ccc(N(c2ccc(OC)cc2)c2ccc(OC)cc2)cc1. The molecule has 1 N–H and O–H groups in total. The Labute approximate surface area is 282 Å². The van der Waals surface area contributed by atoms with Gasteiger partial charge in [0, 0.05) is 35.7 Å². The van der Waals surface area contributed by atoms with Crippen LogP contribution in [0.5, 0.6) is 28.7 Å². The monoisotopic (exact) mass is 653 g/mol. The summed E-state index contributed by atoms with van der Waals surface area (Å²) in [6, 6.07) is 27.0. The van der Waals surface area contributed by atoms with Crippen LogP contribution in [0, 0.1) is 0 Å². The second kappa shape index (κ2) is 17.9. The van der Waals surface area contributed by atoms with Gasteiger partial charge in [0.15, 0.2) is 29.2 Å². The number of benzene rings is 4. The Hall–Kier alpha value is -5.64. The fourth-order valence-electron chi connectivity index (χ4n) is 4.86. The van der Waals surface area contributed by atoms with E-state index in [0.717, 1.165) is 53.4 Å². The Morgan fingerprint density at radius 1 is 0.688 bits per heavy atom. The van der Waals surface area contributed by atoms with Gasteiger partial charge in [-0.05, 0) is 78.7 Å². The van der Waals surface area contributed by atoms with E-state index in [0.29, 0.717) is 35.8 Å². The number of aliphatic imine (C=N–C) groups is 1. The molecule has 10 heteroatoms. The van der Waals surface area contributed by atoms with Gasteiger partial charge in [-0.25, -0.2) is 0 Å². The van der Waals surface area contributed by atoms with Crippen molar-refractivity contribution < 1.29 is 33.2 Å². The highest BCUT2D eigenvalue weighted by molar-refractivity contribution is 5.88. The lowest BCUT2D eigenvalue weighted by atomic mass is 10.1. The predicted molar refractivity (Wildman–Crippen MR) is 190 cm³/mol. The lowest BCUT2D eigenvalue weighted by Crippen LogP contribution is -2.27. The zero-order valence-corrected chi connectivity index (χ0v) is 28.3. The third-order valence-electron chi connectivity index (χ3n) is 7.41. The summed E-state index contributed by atoms with van der Waals surface area (Å²) in [7, 11) is 7.92. The molecule has 10 nitrogen and oxygen atoms in total. The van der Waals surface area contributed by atoms with Crippen molar-refractivity contribution in [3.8, 4) is 28.7 Å². The van der Waals surface area contributed by atoms with E-state index in [1.165, 1.54) is 14.2 Å². The minimum atomic E-state index is 0.0677. The van der Waals surface area contributed by atoms with Crippen molar-refractivity contribution >= 4 is 41.1 Å². The van der Waals surface area contributed by atoms with Gasteiger partial charge in [-0.15, -0.1) is 0 Å². The Kier molecular flexibility index (Phi) is 13.1. The molecule has 0 aromatic heterocycles. The van der Waals surface area contributed by atoms with Gasteiger partial charge in [0.25, 0.3) is 6.02 Å². The van der Waals surface area contributed by atoms with Crippen molar-refractivity contribution in [3.05, 3.63) is 96.3 Å². The molecule has 0 saturated heterocycles. The number of carbonyl (C=O) groups excluding carboxylic acids is 1. The fourth-order valence-corrected chi connectivity index (χ4v) is 4.86. The van der Waals surface area contributed by atoms with E-state index < -0.39 is 0 Å². The summed E-state index contributed by atoms with van der Waals surface area (Å²) in [4.78, 5) is 19.1. The van der Waals surface area contributed by atoms with Gasteiger partial charge in [0.2, 0.25) is 0 Å². The van der Waals surface area contributed by atoms with Crippen molar-refractivity contribution in [1.29, 1.82) is 0 Å². The molecule has 0 spiro atoms. The maximum Gasteiger partial charge on any atom is 0.295 e. The number of aldehydes is 1. The fraction of sp³-hybridized carbons (Fsp3) is 0.263. The molecule has 4 aromatic rings. The lowest BCUT2D eigenvalue weighted by molar-refractivity contribution is -0.106. The van der Waals surface area contributed by atoms with Crippen LogP contribution in [0.4, 0.5) is 22.7 Å².